The van der Waals surface area contributed by atoms with Crippen molar-refractivity contribution in [3.63, 3.8) is 0 Å². The number of hydrogen-bond acceptors (Lipinski definition) is 5. The molecule has 0 bridgehead atoms. The van der Waals surface area contributed by atoms with Crippen molar-refractivity contribution in [3.05, 3.63) is 64.1 Å². The maximum Gasteiger partial charge on any atom is 0.263 e. The molecule has 2 aromatic rings. The van der Waals surface area contributed by atoms with Gasteiger partial charge in [-0.3, -0.25) is 14.3 Å². The van der Waals surface area contributed by atoms with Crippen LogP contribution in [0.15, 0.2) is 53.4 Å². The molecule has 2 N–H and O–H groups in total. The van der Waals surface area contributed by atoms with E-state index in [4.69, 9.17) is 23.2 Å². The second kappa shape index (κ2) is 7.90. The molecule has 0 aliphatic rings. The third-order valence-electron chi connectivity index (χ3n) is 3.21. The SMILES string of the molecule is CC(=O)C(=O)/C=C(\O)c1cccc(NS(=O)(=O)c2cc(Cl)ccc2Cl)c1. The number of carbonyl (C=O) groups is 2. The van der Waals surface area contributed by atoms with Gasteiger partial charge in [0.25, 0.3) is 10.0 Å². The number of ketones is 2. The fraction of sp³-hybridized carbons (Fsp3) is 0.0588. The lowest BCUT2D eigenvalue weighted by molar-refractivity contribution is -0.132. The lowest BCUT2D eigenvalue weighted by Gasteiger charge is -2.11. The average molecular weight is 414 g/mol. The summed E-state index contributed by atoms with van der Waals surface area (Å²) in [5.74, 6) is -2.07. The molecule has 2 rings (SSSR count). The number of halogens is 2. The van der Waals surface area contributed by atoms with E-state index in [1.54, 1.807) is 0 Å². The van der Waals surface area contributed by atoms with Crippen molar-refractivity contribution in [3.8, 4) is 0 Å². The van der Waals surface area contributed by atoms with Gasteiger partial charge in [-0.25, -0.2) is 8.42 Å². The molecule has 0 unspecified atom stereocenters. The summed E-state index contributed by atoms with van der Waals surface area (Å²) in [6.45, 7) is 1.07. The number of aliphatic hydroxyl groups excluding tert-OH is 1. The van der Waals surface area contributed by atoms with Crippen LogP contribution >= 0.6 is 23.2 Å². The highest BCUT2D eigenvalue weighted by Gasteiger charge is 2.19. The smallest absolute Gasteiger partial charge is 0.263 e. The zero-order valence-corrected chi connectivity index (χ0v) is 15.7. The van der Waals surface area contributed by atoms with Gasteiger partial charge in [0.05, 0.1) is 5.02 Å². The minimum absolute atomic E-state index is 0.00662. The molecule has 0 spiro atoms. The van der Waals surface area contributed by atoms with E-state index in [0.717, 1.165) is 13.0 Å². The van der Waals surface area contributed by atoms with E-state index in [0.29, 0.717) is 0 Å². The Morgan fingerprint density at radius 2 is 1.81 bits per heavy atom. The van der Waals surface area contributed by atoms with Crippen molar-refractivity contribution in [1.82, 2.24) is 0 Å². The third-order valence-corrected chi connectivity index (χ3v) is 5.31. The van der Waals surface area contributed by atoms with E-state index in [9.17, 15) is 23.1 Å². The molecule has 0 fully saturated rings. The number of sulfonamides is 1. The Balaban J connectivity index is 2.35. The molecule has 0 aromatic heterocycles. The molecule has 0 aliphatic heterocycles. The number of Topliss-reactive ketones (excluding diaryl/α,β-unsaturated/α-hetero) is 1. The fourth-order valence-electron chi connectivity index (χ4n) is 1.94. The first-order valence-electron chi connectivity index (χ1n) is 7.14. The summed E-state index contributed by atoms with van der Waals surface area (Å²) in [6, 6.07) is 9.68. The van der Waals surface area contributed by atoms with Gasteiger partial charge in [0.2, 0.25) is 5.78 Å². The number of benzene rings is 2. The molecule has 0 amide bonds. The highest BCUT2D eigenvalue weighted by molar-refractivity contribution is 7.92. The maximum atomic E-state index is 12.5. The predicted molar refractivity (Wildman–Crippen MR) is 100 cm³/mol. The molecule has 0 saturated carbocycles. The second-order valence-corrected chi connectivity index (χ2v) is 7.71. The number of nitrogens with one attached hydrogen (secondary N) is 1. The number of hydrogen-bond donors (Lipinski definition) is 2. The number of carbonyl (C=O) groups excluding carboxylic acids is 2. The maximum absolute atomic E-state index is 12.5. The number of rotatable bonds is 6. The Bertz CT molecular complexity index is 1020. The lowest BCUT2D eigenvalue weighted by Crippen LogP contribution is -2.13. The van der Waals surface area contributed by atoms with E-state index in [-0.39, 0.29) is 26.2 Å². The average Bonchev–Trinajstić information content (AvgIpc) is 2.56. The molecule has 6 nitrogen and oxygen atoms in total. The van der Waals surface area contributed by atoms with Gasteiger partial charge in [-0.1, -0.05) is 35.3 Å². The van der Waals surface area contributed by atoms with Gasteiger partial charge in [0.1, 0.15) is 10.7 Å². The van der Waals surface area contributed by atoms with E-state index in [1.807, 2.05) is 0 Å². The van der Waals surface area contributed by atoms with Crippen LogP contribution in [0.25, 0.3) is 5.76 Å². The van der Waals surface area contributed by atoms with E-state index < -0.39 is 27.3 Å². The van der Waals surface area contributed by atoms with Crippen LogP contribution in [0.2, 0.25) is 10.0 Å². The number of anilines is 1. The number of aliphatic hydroxyl groups is 1. The first-order valence-corrected chi connectivity index (χ1v) is 9.38. The monoisotopic (exact) mass is 413 g/mol. The van der Waals surface area contributed by atoms with E-state index >= 15 is 0 Å². The summed E-state index contributed by atoms with van der Waals surface area (Å²) in [4.78, 5) is 22.1. The highest BCUT2D eigenvalue weighted by Crippen LogP contribution is 2.27. The molecule has 0 aliphatic carbocycles. The van der Waals surface area contributed by atoms with Gasteiger partial charge >= 0.3 is 0 Å². The van der Waals surface area contributed by atoms with Crippen LogP contribution in [0.3, 0.4) is 0 Å². The molecule has 9 heteroatoms. The van der Waals surface area contributed by atoms with Crippen molar-refractivity contribution < 1.29 is 23.1 Å². The normalized spacial score (nSPS) is 11.9. The minimum Gasteiger partial charge on any atom is -0.507 e. The molecule has 136 valence electrons. The molecule has 0 saturated heterocycles. The molecule has 2 aromatic carbocycles. The van der Waals surface area contributed by atoms with Crippen LogP contribution in [0.1, 0.15) is 12.5 Å². The largest absolute Gasteiger partial charge is 0.507 e. The van der Waals surface area contributed by atoms with Crippen LogP contribution in [-0.4, -0.2) is 25.1 Å². The van der Waals surface area contributed by atoms with Crippen molar-refractivity contribution >= 4 is 56.2 Å². The Morgan fingerprint density at radius 3 is 2.46 bits per heavy atom. The second-order valence-electron chi connectivity index (χ2n) is 5.21. The molecule has 26 heavy (non-hydrogen) atoms. The summed E-state index contributed by atoms with van der Waals surface area (Å²) in [5.41, 5.74) is 0.269. The summed E-state index contributed by atoms with van der Waals surface area (Å²) < 4.78 is 27.3. The summed E-state index contributed by atoms with van der Waals surface area (Å²) >= 11 is 11.7. The van der Waals surface area contributed by atoms with Crippen molar-refractivity contribution in [2.45, 2.75) is 11.8 Å². The molecular weight excluding hydrogens is 401 g/mol. The van der Waals surface area contributed by atoms with Gasteiger partial charge in [0.15, 0.2) is 5.78 Å². The topological polar surface area (TPSA) is 101 Å². The van der Waals surface area contributed by atoms with Gasteiger partial charge in [-0.15, -0.1) is 0 Å². The van der Waals surface area contributed by atoms with Crippen LogP contribution < -0.4 is 4.72 Å². The third kappa shape index (κ3) is 4.85. The molecule has 0 radical (unpaired) electrons. The standard InChI is InChI=1S/C17H13Cl2NO5S/c1-10(21)15(22)9-16(23)11-3-2-4-13(7-11)20-26(24,25)17-8-12(18)5-6-14(17)19/h2-9,20,23H,1H3/b16-9-. The fourth-order valence-corrected chi connectivity index (χ4v) is 3.76. The van der Waals surface area contributed by atoms with Crippen molar-refractivity contribution in [2.24, 2.45) is 0 Å². The van der Waals surface area contributed by atoms with Crippen LogP contribution in [-0.2, 0) is 19.6 Å². The first-order chi connectivity index (χ1) is 12.1. The summed E-state index contributed by atoms with van der Waals surface area (Å²) in [6.07, 6.45) is 0.768. The Morgan fingerprint density at radius 1 is 1.12 bits per heavy atom. The predicted octanol–water partition coefficient (Wildman–Crippen LogP) is 3.85. The zero-order valence-electron chi connectivity index (χ0n) is 13.4. The first kappa shape index (κ1) is 20.0. The van der Waals surface area contributed by atoms with Crippen LogP contribution in [0, 0.1) is 0 Å². The van der Waals surface area contributed by atoms with E-state index in [1.165, 1.54) is 42.5 Å². The van der Waals surface area contributed by atoms with Crippen molar-refractivity contribution in [2.75, 3.05) is 4.72 Å². The highest BCUT2D eigenvalue weighted by atomic mass is 35.5. The van der Waals surface area contributed by atoms with Crippen LogP contribution in [0.4, 0.5) is 5.69 Å². The van der Waals surface area contributed by atoms with Gasteiger partial charge in [0, 0.05) is 29.3 Å². The lowest BCUT2D eigenvalue weighted by atomic mass is 10.1. The van der Waals surface area contributed by atoms with Crippen LogP contribution in [0.5, 0.6) is 0 Å². The molecule has 0 atom stereocenters. The summed E-state index contributed by atoms with van der Waals surface area (Å²) in [5, 5.41) is 10.1. The Hall–Kier alpha value is -2.35. The Kier molecular flexibility index (Phi) is 6.07. The summed E-state index contributed by atoms with van der Waals surface area (Å²) in [7, 11) is -4.03. The Labute approximate surface area is 160 Å². The van der Waals surface area contributed by atoms with Gasteiger partial charge in [-0.05, 0) is 30.3 Å². The zero-order chi connectivity index (χ0) is 19.5. The van der Waals surface area contributed by atoms with Gasteiger partial charge < -0.3 is 5.11 Å². The molecular formula is C17H13Cl2NO5S. The van der Waals surface area contributed by atoms with E-state index in [2.05, 4.69) is 4.72 Å². The van der Waals surface area contributed by atoms with Gasteiger partial charge in [-0.2, -0.15) is 0 Å². The quantitative estimate of drug-likeness (QED) is 0.425. The minimum atomic E-state index is -4.03. The molecule has 0 heterocycles. The number of allylic oxidation sites excluding steroid dienone is 1. The van der Waals surface area contributed by atoms with Crippen molar-refractivity contribution in [1.29, 1.82) is 0 Å².